The Labute approximate surface area is 262 Å². The molecule has 0 fully saturated rings. The van der Waals surface area contributed by atoms with Crippen molar-refractivity contribution in [1.29, 1.82) is 0 Å². The first kappa shape index (κ1) is 24.6. The van der Waals surface area contributed by atoms with Crippen molar-refractivity contribution < 1.29 is 0 Å². The summed E-state index contributed by atoms with van der Waals surface area (Å²) in [5.41, 5.74) is 21.1. The summed E-state index contributed by atoms with van der Waals surface area (Å²) in [7, 11) is 0. The molecule has 0 saturated carbocycles. The second-order valence-corrected chi connectivity index (χ2v) is 12.2. The lowest BCUT2D eigenvalue weighted by Gasteiger charge is -2.27. The lowest BCUT2D eigenvalue weighted by Crippen LogP contribution is -2.16. The van der Waals surface area contributed by atoms with Crippen molar-refractivity contribution in [2.24, 2.45) is 4.99 Å². The number of benzene rings is 7. The van der Waals surface area contributed by atoms with Crippen LogP contribution in [0, 0.1) is 0 Å². The average molecular weight is 570 g/mol. The average Bonchev–Trinajstić information content (AvgIpc) is 3.48. The van der Waals surface area contributed by atoms with Gasteiger partial charge in [0.1, 0.15) is 0 Å². The van der Waals surface area contributed by atoms with E-state index in [2.05, 4.69) is 158 Å². The van der Waals surface area contributed by atoms with Gasteiger partial charge in [-0.1, -0.05) is 146 Å². The SMILES string of the molecule is c1ccc2c(c1)C1=Nc3cc4c(cc3C1c1ccccc1-c1ccccc1-2)-c1ccccc1-c1ccccc1-c1ccccc1-4. The monoisotopic (exact) mass is 569 g/mol. The zero-order valence-electron chi connectivity index (χ0n) is 24.5. The molecule has 1 unspecified atom stereocenters. The molecule has 7 aromatic carbocycles. The molecule has 1 atom stereocenters. The van der Waals surface area contributed by atoms with Gasteiger partial charge in [-0.05, 0) is 90.0 Å². The smallest absolute Gasteiger partial charge is 0.0682 e. The van der Waals surface area contributed by atoms with Crippen LogP contribution in [0.4, 0.5) is 5.69 Å². The van der Waals surface area contributed by atoms with Gasteiger partial charge in [0, 0.05) is 5.56 Å². The fourth-order valence-electron chi connectivity index (χ4n) is 8.00. The number of hydrogen-bond acceptors (Lipinski definition) is 1. The van der Waals surface area contributed by atoms with Crippen LogP contribution in [0.3, 0.4) is 0 Å². The van der Waals surface area contributed by atoms with Gasteiger partial charge in [-0.2, -0.15) is 0 Å². The molecule has 208 valence electrons. The van der Waals surface area contributed by atoms with Gasteiger partial charge < -0.3 is 0 Å². The van der Waals surface area contributed by atoms with E-state index in [0.717, 1.165) is 11.4 Å². The van der Waals surface area contributed by atoms with E-state index < -0.39 is 0 Å². The number of rotatable bonds is 0. The predicted molar refractivity (Wildman–Crippen MR) is 187 cm³/mol. The van der Waals surface area contributed by atoms with Gasteiger partial charge in [-0.25, -0.2) is 0 Å². The van der Waals surface area contributed by atoms with E-state index in [1.807, 2.05) is 0 Å². The Kier molecular flexibility index (Phi) is 5.12. The summed E-state index contributed by atoms with van der Waals surface area (Å²) in [6.45, 7) is 0. The Morgan fingerprint density at radius 2 is 0.622 bits per heavy atom. The summed E-state index contributed by atoms with van der Waals surface area (Å²) in [4.78, 5) is 5.54. The number of hydrogen-bond donors (Lipinski definition) is 0. The molecule has 10 rings (SSSR count). The fourth-order valence-corrected chi connectivity index (χ4v) is 8.00. The van der Waals surface area contributed by atoms with Gasteiger partial charge >= 0.3 is 0 Å². The molecule has 45 heavy (non-hydrogen) atoms. The third-order valence-corrected chi connectivity index (χ3v) is 9.92. The maximum Gasteiger partial charge on any atom is 0.0682 e. The van der Waals surface area contributed by atoms with Crippen LogP contribution < -0.4 is 0 Å². The topological polar surface area (TPSA) is 12.4 Å². The van der Waals surface area contributed by atoms with Crippen LogP contribution in [-0.4, -0.2) is 5.71 Å². The first-order valence-electron chi connectivity index (χ1n) is 15.7. The maximum absolute atomic E-state index is 5.54. The highest BCUT2D eigenvalue weighted by atomic mass is 14.8. The maximum atomic E-state index is 5.54. The molecule has 1 heteroatoms. The summed E-state index contributed by atoms with van der Waals surface area (Å²) in [6, 6.07) is 58.0. The zero-order chi connectivity index (χ0) is 29.5. The van der Waals surface area contributed by atoms with E-state index in [1.165, 1.54) is 83.5 Å². The molecule has 0 N–H and O–H groups in total. The van der Waals surface area contributed by atoms with Crippen molar-refractivity contribution >= 4 is 11.4 Å². The lowest BCUT2D eigenvalue weighted by atomic mass is 9.75. The second-order valence-electron chi connectivity index (χ2n) is 12.2. The van der Waals surface area contributed by atoms with Crippen molar-refractivity contribution in [3.63, 3.8) is 0 Å². The van der Waals surface area contributed by atoms with E-state index in [9.17, 15) is 0 Å². The van der Waals surface area contributed by atoms with E-state index >= 15 is 0 Å². The van der Waals surface area contributed by atoms with Crippen LogP contribution in [0.1, 0.15) is 22.6 Å². The molecular formula is C44H27N. The molecule has 0 radical (unpaired) electrons. The Balaban J connectivity index is 1.32. The first-order valence-corrected chi connectivity index (χ1v) is 15.7. The molecule has 0 saturated heterocycles. The van der Waals surface area contributed by atoms with Gasteiger partial charge in [-0.3, -0.25) is 4.99 Å². The van der Waals surface area contributed by atoms with Gasteiger partial charge in [0.2, 0.25) is 0 Å². The molecule has 0 aromatic heterocycles. The van der Waals surface area contributed by atoms with Crippen LogP contribution in [-0.2, 0) is 0 Å². The molecule has 7 aromatic rings. The van der Waals surface area contributed by atoms with Crippen molar-refractivity contribution in [3.8, 4) is 66.8 Å². The summed E-state index contributed by atoms with van der Waals surface area (Å²) in [5, 5.41) is 0. The van der Waals surface area contributed by atoms with Gasteiger partial charge in [0.15, 0.2) is 0 Å². The van der Waals surface area contributed by atoms with E-state index in [4.69, 9.17) is 4.99 Å². The lowest BCUT2D eigenvalue weighted by molar-refractivity contribution is 1.11. The van der Waals surface area contributed by atoms with Crippen molar-refractivity contribution in [2.75, 3.05) is 0 Å². The Hall–Kier alpha value is -5.79. The predicted octanol–water partition coefficient (Wildman–Crippen LogP) is 11.6. The van der Waals surface area contributed by atoms with Crippen molar-refractivity contribution in [1.82, 2.24) is 0 Å². The minimum atomic E-state index is 0.0242. The Bertz CT molecular complexity index is 2390. The number of aliphatic imine (C=N–C) groups is 1. The number of fused-ring (bicyclic) bond motifs is 18. The highest BCUT2D eigenvalue weighted by molar-refractivity contribution is 6.18. The Morgan fingerprint density at radius 1 is 0.289 bits per heavy atom. The molecule has 0 spiro atoms. The van der Waals surface area contributed by atoms with Gasteiger partial charge in [-0.15, -0.1) is 0 Å². The summed E-state index contributed by atoms with van der Waals surface area (Å²) < 4.78 is 0. The van der Waals surface area contributed by atoms with E-state index in [1.54, 1.807) is 0 Å². The van der Waals surface area contributed by atoms with Crippen LogP contribution in [0.15, 0.2) is 163 Å². The fraction of sp³-hybridized carbons (Fsp3) is 0.0227. The largest absolute Gasteiger partial charge is 0.251 e. The normalized spacial score (nSPS) is 14.6. The van der Waals surface area contributed by atoms with E-state index in [0.29, 0.717) is 0 Å². The summed E-state index contributed by atoms with van der Waals surface area (Å²) >= 11 is 0. The van der Waals surface area contributed by atoms with Crippen LogP contribution in [0.5, 0.6) is 0 Å². The molecule has 0 amide bonds. The second kappa shape index (κ2) is 9.35. The first-order chi connectivity index (χ1) is 22.3. The standard InChI is InChI=1S/C44H27N/c1-2-14-28-27(13-1)31-17-5-7-21-35(31)39-25-41-42(26-40(39)36-22-8-6-18-32(28)36)45-44-38-24-12-10-20-34(38)30-16-4-3-15-29(30)33-19-9-11-23-37(33)43(41)44/h1-26,43H. The van der Waals surface area contributed by atoms with Crippen LogP contribution in [0.25, 0.3) is 66.8 Å². The van der Waals surface area contributed by atoms with Crippen molar-refractivity contribution in [3.05, 3.63) is 174 Å². The van der Waals surface area contributed by atoms with Gasteiger partial charge in [0.25, 0.3) is 0 Å². The molecule has 3 aliphatic rings. The minimum absolute atomic E-state index is 0.0242. The number of nitrogens with zero attached hydrogens (tertiary/aromatic N) is 1. The molecule has 2 aliphatic carbocycles. The molecule has 1 aliphatic heterocycles. The van der Waals surface area contributed by atoms with Gasteiger partial charge in [0.05, 0.1) is 17.3 Å². The summed E-state index contributed by atoms with van der Waals surface area (Å²) in [6.07, 6.45) is 0. The van der Waals surface area contributed by atoms with Crippen LogP contribution >= 0.6 is 0 Å². The quantitative estimate of drug-likeness (QED) is 0.172. The molecule has 1 heterocycles. The minimum Gasteiger partial charge on any atom is -0.251 e. The highest BCUT2D eigenvalue weighted by Gasteiger charge is 2.36. The third kappa shape index (κ3) is 3.47. The van der Waals surface area contributed by atoms with Crippen molar-refractivity contribution in [2.45, 2.75) is 5.92 Å². The third-order valence-electron chi connectivity index (χ3n) is 9.92. The molecular weight excluding hydrogens is 542 g/mol. The Morgan fingerprint density at radius 3 is 1.11 bits per heavy atom. The summed E-state index contributed by atoms with van der Waals surface area (Å²) in [5.74, 6) is 0.0242. The molecule has 0 bridgehead atoms. The highest BCUT2D eigenvalue weighted by Crippen LogP contribution is 2.54. The zero-order valence-corrected chi connectivity index (χ0v) is 24.5. The van der Waals surface area contributed by atoms with E-state index in [-0.39, 0.29) is 5.92 Å². The molecule has 1 nitrogen and oxygen atoms in total. The van der Waals surface area contributed by atoms with Crippen LogP contribution in [0.2, 0.25) is 0 Å².